The first-order valence-corrected chi connectivity index (χ1v) is 10.8. The topological polar surface area (TPSA) is 76.8 Å². The number of para-hydroxylation sites is 1. The summed E-state index contributed by atoms with van der Waals surface area (Å²) >= 11 is 0. The van der Waals surface area contributed by atoms with Gasteiger partial charge >= 0.3 is 5.97 Å². The van der Waals surface area contributed by atoms with Gasteiger partial charge in [-0.05, 0) is 69.1 Å². The summed E-state index contributed by atoms with van der Waals surface area (Å²) in [5.74, 6) is 0.470. The van der Waals surface area contributed by atoms with Crippen LogP contribution >= 0.6 is 0 Å². The Morgan fingerprint density at radius 2 is 2.06 bits per heavy atom. The lowest BCUT2D eigenvalue weighted by atomic mass is 10.0. The van der Waals surface area contributed by atoms with Crippen molar-refractivity contribution in [3.05, 3.63) is 53.1 Å². The molecule has 0 spiro atoms. The molecule has 0 amide bonds. The zero-order valence-electron chi connectivity index (χ0n) is 18.3. The summed E-state index contributed by atoms with van der Waals surface area (Å²) in [7, 11) is 1.37. The minimum Gasteiger partial charge on any atom is -0.494 e. The normalized spacial score (nSPS) is 14.5. The molecule has 0 unspecified atom stereocenters. The second kappa shape index (κ2) is 9.39. The number of aryl methyl sites for hydroxylation is 1. The van der Waals surface area contributed by atoms with Crippen LogP contribution in [0.3, 0.4) is 0 Å². The van der Waals surface area contributed by atoms with Crippen LogP contribution in [0.2, 0.25) is 0 Å². The lowest BCUT2D eigenvalue weighted by Gasteiger charge is -2.33. The zero-order chi connectivity index (χ0) is 21.8. The maximum atomic E-state index is 12.2. The van der Waals surface area contributed by atoms with Gasteiger partial charge in [-0.25, -0.2) is 4.79 Å². The molecule has 2 heterocycles. The molecule has 1 fully saturated rings. The van der Waals surface area contributed by atoms with Gasteiger partial charge in [0.2, 0.25) is 0 Å². The molecule has 4 rings (SSSR count). The fourth-order valence-corrected chi connectivity index (χ4v) is 4.05. The third-order valence-corrected chi connectivity index (χ3v) is 5.71. The predicted molar refractivity (Wildman–Crippen MR) is 120 cm³/mol. The average Bonchev–Trinajstić information content (AvgIpc) is 3.23. The van der Waals surface area contributed by atoms with Gasteiger partial charge in [-0.1, -0.05) is 18.2 Å². The summed E-state index contributed by atoms with van der Waals surface area (Å²) in [5.41, 5.74) is 3.74. The zero-order valence-corrected chi connectivity index (χ0v) is 18.3. The Bertz CT molecular complexity index is 1060. The van der Waals surface area contributed by atoms with Crippen LogP contribution in [0.1, 0.15) is 41.3 Å². The second-order valence-corrected chi connectivity index (χ2v) is 7.78. The number of anilines is 1. The molecule has 7 nitrogen and oxygen atoms in total. The highest BCUT2D eigenvalue weighted by atomic mass is 16.5. The molecular weight excluding hydrogens is 394 g/mol. The number of hydrogen-bond acceptors (Lipinski definition) is 7. The number of carbonyl (C=O) groups excluding carboxylic acids is 1. The number of esters is 1. The van der Waals surface area contributed by atoms with Crippen LogP contribution in [0.5, 0.6) is 5.75 Å². The molecule has 0 saturated carbocycles. The fraction of sp³-hybridized carbons (Fsp3) is 0.417. The van der Waals surface area contributed by atoms with Crippen molar-refractivity contribution in [1.82, 2.24) is 10.3 Å². The van der Waals surface area contributed by atoms with Crippen LogP contribution < -0.4 is 15.0 Å². The predicted octanol–water partition coefficient (Wildman–Crippen LogP) is 4.08. The first-order valence-electron chi connectivity index (χ1n) is 10.8. The molecule has 164 valence electrons. The molecule has 31 heavy (non-hydrogen) atoms. The van der Waals surface area contributed by atoms with E-state index < -0.39 is 5.97 Å². The molecule has 1 saturated heterocycles. The van der Waals surface area contributed by atoms with E-state index in [0.717, 1.165) is 42.8 Å². The van der Waals surface area contributed by atoms with E-state index >= 15 is 0 Å². The number of hydrogen-bond donors (Lipinski definition) is 1. The van der Waals surface area contributed by atoms with Gasteiger partial charge in [0, 0.05) is 12.6 Å². The maximum absolute atomic E-state index is 12.2. The average molecular weight is 424 g/mol. The molecule has 1 N–H and O–H groups in total. The lowest BCUT2D eigenvalue weighted by molar-refractivity contribution is 0.0602. The molecule has 3 aromatic rings. The molecule has 7 heteroatoms. The van der Waals surface area contributed by atoms with E-state index in [9.17, 15) is 4.79 Å². The van der Waals surface area contributed by atoms with Crippen molar-refractivity contribution in [3.63, 3.8) is 0 Å². The van der Waals surface area contributed by atoms with Gasteiger partial charge in [0.25, 0.3) is 6.01 Å². The number of oxazole rings is 1. The van der Waals surface area contributed by atoms with Crippen molar-refractivity contribution in [1.29, 1.82) is 0 Å². The van der Waals surface area contributed by atoms with Gasteiger partial charge in [0.15, 0.2) is 5.58 Å². The van der Waals surface area contributed by atoms with Gasteiger partial charge in [-0.15, -0.1) is 0 Å². The molecule has 0 aliphatic carbocycles. The van der Waals surface area contributed by atoms with Gasteiger partial charge in [0.1, 0.15) is 16.8 Å². The Morgan fingerprint density at radius 3 is 2.81 bits per heavy atom. The van der Waals surface area contributed by atoms with Crippen LogP contribution in [0.15, 0.2) is 40.8 Å². The van der Waals surface area contributed by atoms with Crippen molar-refractivity contribution >= 4 is 23.1 Å². The summed E-state index contributed by atoms with van der Waals surface area (Å²) in [5, 5.41) is 3.42. The Hall–Kier alpha value is -3.06. The largest absolute Gasteiger partial charge is 0.494 e. The molecule has 0 radical (unpaired) electrons. The number of piperidine rings is 1. The SMILES string of the molecule is CCOc1cc(CN(c2nc3cccc(C(=O)OC)c3o2)C2CCNCC2)ccc1C. The number of benzene rings is 2. The molecule has 0 atom stereocenters. The van der Waals surface area contributed by atoms with Crippen LogP contribution in [0, 0.1) is 6.92 Å². The number of carbonyl (C=O) groups is 1. The number of fused-ring (bicyclic) bond motifs is 1. The summed E-state index contributed by atoms with van der Waals surface area (Å²) in [6.07, 6.45) is 1.99. The van der Waals surface area contributed by atoms with Gasteiger partial charge in [-0.3, -0.25) is 0 Å². The smallest absolute Gasteiger partial charge is 0.341 e. The van der Waals surface area contributed by atoms with Crippen molar-refractivity contribution in [2.45, 2.75) is 39.3 Å². The first kappa shape index (κ1) is 21.2. The standard InChI is InChI=1S/C24H29N3O4/c1-4-30-21-14-17(9-8-16(21)2)15-27(18-10-12-25-13-11-18)24-26-20-7-5-6-19(22(20)31-24)23(28)29-3/h5-9,14,18,25H,4,10-13,15H2,1-3H3. The van der Waals surface area contributed by atoms with Crippen molar-refractivity contribution in [2.75, 3.05) is 31.7 Å². The van der Waals surface area contributed by atoms with E-state index in [2.05, 4.69) is 35.3 Å². The third-order valence-electron chi connectivity index (χ3n) is 5.71. The molecule has 1 aromatic heterocycles. The van der Waals surface area contributed by atoms with Gasteiger partial charge in [-0.2, -0.15) is 4.98 Å². The monoisotopic (exact) mass is 423 g/mol. The number of rotatable bonds is 7. The van der Waals surface area contributed by atoms with E-state index in [0.29, 0.717) is 35.8 Å². The molecular formula is C24H29N3O4. The maximum Gasteiger partial charge on any atom is 0.341 e. The van der Waals surface area contributed by atoms with E-state index in [-0.39, 0.29) is 6.04 Å². The van der Waals surface area contributed by atoms with Crippen molar-refractivity contribution < 1.29 is 18.7 Å². The van der Waals surface area contributed by atoms with Gasteiger partial charge in [0.05, 0.1) is 13.7 Å². The summed E-state index contributed by atoms with van der Waals surface area (Å²) in [4.78, 5) is 19.1. The molecule has 1 aliphatic heterocycles. The van der Waals surface area contributed by atoms with Gasteiger partial charge < -0.3 is 24.1 Å². The van der Waals surface area contributed by atoms with E-state index in [1.807, 2.05) is 13.0 Å². The Labute approximate surface area is 182 Å². The van der Waals surface area contributed by atoms with E-state index in [4.69, 9.17) is 18.9 Å². The quantitative estimate of drug-likeness (QED) is 0.574. The highest BCUT2D eigenvalue weighted by molar-refractivity contribution is 6.01. The highest BCUT2D eigenvalue weighted by Gasteiger charge is 2.27. The van der Waals surface area contributed by atoms with Crippen LogP contribution in [0.4, 0.5) is 6.01 Å². The Morgan fingerprint density at radius 1 is 1.26 bits per heavy atom. The number of nitrogens with zero attached hydrogens (tertiary/aromatic N) is 2. The number of aromatic nitrogens is 1. The minimum absolute atomic E-state index is 0.285. The number of methoxy groups -OCH3 is 1. The minimum atomic E-state index is -0.429. The van der Waals surface area contributed by atoms with Crippen LogP contribution in [-0.2, 0) is 11.3 Å². The second-order valence-electron chi connectivity index (χ2n) is 7.78. The molecule has 1 aliphatic rings. The summed E-state index contributed by atoms with van der Waals surface area (Å²) in [6.45, 7) is 7.22. The first-order chi connectivity index (χ1) is 15.1. The lowest BCUT2D eigenvalue weighted by Crippen LogP contribution is -2.43. The molecule has 0 bridgehead atoms. The van der Waals surface area contributed by atoms with Crippen molar-refractivity contribution in [2.24, 2.45) is 0 Å². The summed E-state index contributed by atoms with van der Waals surface area (Å²) < 4.78 is 16.9. The van der Waals surface area contributed by atoms with E-state index in [1.165, 1.54) is 7.11 Å². The Balaban J connectivity index is 1.72. The number of nitrogens with one attached hydrogen (secondary N) is 1. The van der Waals surface area contributed by atoms with E-state index in [1.54, 1.807) is 12.1 Å². The summed E-state index contributed by atoms with van der Waals surface area (Å²) in [6, 6.07) is 12.5. The van der Waals surface area contributed by atoms with Crippen LogP contribution in [-0.4, -0.2) is 43.8 Å². The van der Waals surface area contributed by atoms with Crippen molar-refractivity contribution in [3.8, 4) is 5.75 Å². The van der Waals surface area contributed by atoms with Crippen LogP contribution in [0.25, 0.3) is 11.1 Å². The molecule has 2 aromatic carbocycles. The fourth-order valence-electron chi connectivity index (χ4n) is 4.05. The number of ether oxygens (including phenoxy) is 2. The third kappa shape index (κ3) is 4.51. The highest BCUT2D eigenvalue weighted by Crippen LogP contribution is 2.30. The Kier molecular flexibility index (Phi) is 6.42.